The van der Waals surface area contributed by atoms with E-state index in [9.17, 15) is 9.59 Å². The number of urea groups is 1. The second-order valence-corrected chi connectivity index (χ2v) is 4.89. The van der Waals surface area contributed by atoms with Crippen LogP contribution in [0.5, 0.6) is 0 Å². The standard InChI is InChI=1S/C15H24N4O2.ClH/c1-4-16-11(2)10-17-14(20)12(3)18-15(21)19-13-8-6-5-7-9-13;/h5-9,11-12,16H,4,10H2,1-3H3,(H,17,20)(H2,18,19,21);1H/t11-,12?;/m1./s1. The summed E-state index contributed by atoms with van der Waals surface area (Å²) in [4.78, 5) is 23.6. The van der Waals surface area contributed by atoms with Crippen molar-refractivity contribution in [2.45, 2.75) is 32.9 Å². The molecule has 0 spiro atoms. The minimum Gasteiger partial charge on any atom is -0.353 e. The molecular weight excluding hydrogens is 304 g/mol. The Morgan fingerprint density at radius 1 is 1.14 bits per heavy atom. The van der Waals surface area contributed by atoms with E-state index in [4.69, 9.17) is 0 Å². The van der Waals surface area contributed by atoms with Gasteiger partial charge in [-0.25, -0.2) is 4.79 Å². The summed E-state index contributed by atoms with van der Waals surface area (Å²) >= 11 is 0. The molecule has 2 atom stereocenters. The summed E-state index contributed by atoms with van der Waals surface area (Å²) in [5, 5.41) is 11.3. The number of para-hydroxylation sites is 1. The quantitative estimate of drug-likeness (QED) is 0.615. The maximum atomic E-state index is 11.9. The fraction of sp³-hybridized carbons (Fsp3) is 0.467. The van der Waals surface area contributed by atoms with E-state index in [2.05, 4.69) is 21.3 Å². The van der Waals surface area contributed by atoms with Gasteiger partial charge in [-0.2, -0.15) is 0 Å². The molecule has 1 aromatic rings. The fourth-order valence-electron chi connectivity index (χ4n) is 1.78. The summed E-state index contributed by atoms with van der Waals surface area (Å²) in [6, 6.07) is 8.28. The zero-order chi connectivity index (χ0) is 15.7. The number of benzene rings is 1. The van der Waals surface area contributed by atoms with Gasteiger partial charge >= 0.3 is 6.03 Å². The molecule has 0 saturated heterocycles. The van der Waals surface area contributed by atoms with Crippen molar-refractivity contribution >= 4 is 30.0 Å². The number of likely N-dealkylation sites (N-methyl/N-ethyl adjacent to an activating group) is 1. The molecule has 0 bridgehead atoms. The lowest BCUT2D eigenvalue weighted by atomic mass is 10.3. The molecule has 124 valence electrons. The van der Waals surface area contributed by atoms with Crippen molar-refractivity contribution in [1.82, 2.24) is 16.0 Å². The maximum Gasteiger partial charge on any atom is 0.319 e. The Kier molecular flexibility index (Phi) is 9.98. The van der Waals surface area contributed by atoms with Crippen LogP contribution >= 0.6 is 12.4 Å². The molecule has 4 N–H and O–H groups in total. The van der Waals surface area contributed by atoms with Crippen LogP contribution in [0.25, 0.3) is 0 Å². The Balaban J connectivity index is 0.00000441. The van der Waals surface area contributed by atoms with E-state index in [0.717, 1.165) is 6.54 Å². The molecular formula is C15H25ClN4O2. The largest absolute Gasteiger partial charge is 0.353 e. The minimum absolute atomic E-state index is 0. The van der Waals surface area contributed by atoms with E-state index in [1.54, 1.807) is 19.1 Å². The van der Waals surface area contributed by atoms with Crippen LogP contribution < -0.4 is 21.3 Å². The normalized spacial score (nSPS) is 12.5. The van der Waals surface area contributed by atoms with Crippen molar-refractivity contribution in [1.29, 1.82) is 0 Å². The van der Waals surface area contributed by atoms with Crippen molar-refractivity contribution < 1.29 is 9.59 Å². The van der Waals surface area contributed by atoms with Crippen LogP contribution in [0.4, 0.5) is 10.5 Å². The summed E-state index contributed by atoms with van der Waals surface area (Å²) in [7, 11) is 0. The van der Waals surface area contributed by atoms with Gasteiger partial charge in [0.15, 0.2) is 0 Å². The third kappa shape index (κ3) is 7.85. The first-order chi connectivity index (χ1) is 10.0. The number of amides is 3. The average Bonchev–Trinajstić information content (AvgIpc) is 2.45. The first kappa shape index (κ1) is 20.2. The third-order valence-electron chi connectivity index (χ3n) is 2.91. The molecule has 0 aliphatic heterocycles. The number of halogens is 1. The summed E-state index contributed by atoms with van der Waals surface area (Å²) in [5.41, 5.74) is 0.684. The molecule has 1 unspecified atom stereocenters. The van der Waals surface area contributed by atoms with Crippen LogP contribution in [-0.2, 0) is 4.79 Å². The average molecular weight is 329 g/mol. The number of carbonyl (C=O) groups excluding carboxylic acids is 2. The Morgan fingerprint density at radius 2 is 1.77 bits per heavy atom. The number of hydrogen-bond acceptors (Lipinski definition) is 3. The molecule has 1 aromatic carbocycles. The topological polar surface area (TPSA) is 82.3 Å². The molecule has 7 heteroatoms. The molecule has 6 nitrogen and oxygen atoms in total. The van der Waals surface area contributed by atoms with Crippen LogP contribution in [0.1, 0.15) is 20.8 Å². The monoisotopic (exact) mass is 328 g/mol. The van der Waals surface area contributed by atoms with Gasteiger partial charge in [0.2, 0.25) is 5.91 Å². The number of carbonyl (C=O) groups is 2. The lowest BCUT2D eigenvalue weighted by Gasteiger charge is -2.17. The van der Waals surface area contributed by atoms with Crippen molar-refractivity contribution in [3.63, 3.8) is 0 Å². The summed E-state index contributed by atoms with van der Waals surface area (Å²) < 4.78 is 0. The molecule has 0 radical (unpaired) electrons. The van der Waals surface area contributed by atoms with E-state index in [1.807, 2.05) is 32.0 Å². The van der Waals surface area contributed by atoms with Gasteiger partial charge in [-0.1, -0.05) is 25.1 Å². The summed E-state index contributed by atoms with van der Waals surface area (Å²) in [6.45, 7) is 7.03. The molecule has 0 fully saturated rings. The van der Waals surface area contributed by atoms with E-state index in [-0.39, 0.29) is 24.4 Å². The molecule has 3 amide bonds. The highest BCUT2D eigenvalue weighted by atomic mass is 35.5. The molecule has 0 aromatic heterocycles. The van der Waals surface area contributed by atoms with Gasteiger partial charge in [0.1, 0.15) is 6.04 Å². The van der Waals surface area contributed by atoms with Gasteiger partial charge in [0, 0.05) is 18.3 Å². The number of rotatable bonds is 7. The predicted octanol–water partition coefficient (Wildman–Crippen LogP) is 1.73. The minimum atomic E-state index is -0.595. The fourth-order valence-corrected chi connectivity index (χ4v) is 1.78. The van der Waals surface area contributed by atoms with Crippen LogP contribution in [0.3, 0.4) is 0 Å². The summed E-state index contributed by atoms with van der Waals surface area (Å²) in [6.07, 6.45) is 0. The molecule has 1 rings (SSSR count). The predicted molar refractivity (Wildman–Crippen MR) is 91.5 cm³/mol. The number of anilines is 1. The number of hydrogen-bond donors (Lipinski definition) is 4. The highest BCUT2D eigenvalue weighted by Crippen LogP contribution is 2.04. The van der Waals surface area contributed by atoms with E-state index in [0.29, 0.717) is 12.2 Å². The Bertz CT molecular complexity index is 456. The Labute approximate surface area is 137 Å². The third-order valence-corrected chi connectivity index (χ3v) is 2.91. The van der Waals surface area contributed by atoms with Crippen molar-refractivity contribution in [2.75, 3.05) is 18.4 Å². The van der Waals surface area contributed by atoms with Crippen molar-refractivity contribution in [3.8, 4) is 0 Å². The van der Waals surface area contributed by atoms with Gasteiger partial charge in [-0.05, 0) is 32.5 Å². The molecule has 0 aliphatic carbocycles. The second-order valence-electron chi connectivity index (χ2n) is 4.89. The number of nitrogens with one attached hydrogen (secondary N) is 4. The van der Waals surface area contributed by atoms with Crippen molar-refractivity contribution in [2.24, 2.45) is 0 Å². The highest BCUT2D eigenvalue weighted by molar-refractivity contribution is 5.93. The van der Waals surface area contributed by atoms with Crippen LogP contribution in [0, 0.1) is 0 Å². The Hall–Kier alpha value is -1.79. The zero-order valence-electron chi connectivity index (χ0n) is 13.2. The highest BCUT2D eigenvalue weighted by Gasteiger charge is 2.15. The summed E-state index contributed by atoms with van der Waals surface area (Å²) in [5.74, 6) is -0.206. The van der Waals surface area contributed by atoms with Crippen LogP contribution in [0.15, 0.2) is 30.3 Å². The molecule has 0 heterocycles. The first-order valence-corrected chi connectivity index (χ1v) is 7.16. The van der Waals surface area contributed by atoms with Gasteiger partial charge in [-0.3, -0.25) is 4.79 Å². The Morgan fingerprint density at radius 3 is 2.36 bits per heavy atom. The zero-order valence-corrected chi connectivity index (χ0v) is 14.0. The lowest BCUT2D eigenvalue weighted by molar-refractivity contribution is -0.122. The molecule has 0 saturated carbocycles. The van der Waals surface area contributed by atoms with E-state index >= 15 is 0 Å². The maximum absolute atomic E-state index is 11.9. The SMILES string of the molecule is CCN[C@H](C)CNC(=O)C(C)NC(=O)Nc1ccccc1.Cl. The van der Waals surface area contributed by atoms with Gasteiger partial charge < -0.3 is 21.3 Å². The molecule has 0 aliphatic rings. The first-order valence-electron chi connectivity index (χ1n) is 7.16. The van der Waals surface area contributed by atoms with Gasteiger partial charge in [-0.15, -0.1) is 12.4 Å². The van der Waals surface area contributed by atoms with Crippen LogP contribution in [0.2, 0.25) is 0 Å². The van der Waals surface area contributed by atoms with Crippen LogP contribution in [-0.4, -0.2) is 37.1 Å². The van der Waals surface area contributed by atoms with E-state index in [1.165, 1.54) is 0 Å². The van der Waals surface area contributed by atoms with Gasteiger partial charge in [0.05, 0.1) is 0 Å². The van der Waals surface area contributed by atoms with Crippen molar-refractivity contribution in [3.05, 3.63) is 30.3 Å². The lowest BCUT2D eigenvalue weighted by Crippen LogP contribution is -2.49. The second kappa shape index (κ2) is 10.9. The molecule has 22 heavy (non-hydrogen) atoms. The van der Waals surface area contributed by atoms with E-state index < -0.39 is 12.1 Å². The smallest absolute Gasteiger partial charge is 0.319 e. The van der Waals surface area contributed by atoms with Gasteiger partial charge in [0.25, 0.3) is 0 Å².